The molecule has 1 aliphatic heterocycles. The number of piperidine rings is 1. The van der Waals surface area contributed by atoms with E-state index in [0.29, 0.717) is 25.9 Å². The van der Waals surface area contributed by atoms with Crippen molar-refractivity contribution in [1.82, 2.24) is 10.2 Å². The normalized spacial score (nSPS) is 23.8. The van der Waals surface area contributed by atoms with E-state index in [-0.39, 0.29) is 24.0 Å². The summed E-state index contributed by atoms with van der Waals surface area (Å²) in [7, 11) is 0. The van der Waals surface area contributed by atoms with Crippen molar-refractivity contribution >= 4 is 12.0 Å². The second-order valence-electron chi connectivity index (χ2n) is 7.17. The summed E-state index contributed by atoms with van der Waals surface area (Å²) < 4.78 is 5.27. The van der Waals surface area contributed by atoms with E-state index in [2.05, 4.69) is 5.32 Å². The van der Waals surface area contributed by atoms with Crippen LogP contribution in [-0.2, 0) is 9.53 Å². The topological polar surface area (TPSA) is 78.9 Å². The highest BCUT2D eigenvalue weighted by atomic mass is 16.6. The van der Waals surface area contributed by atoms with Crippen LogP contribution in [0.1, 0.15) is 53.9 Å². The van der Waals surface area contributed by atoms with Crippen molar-refractivity contribution in [3.05, 3.63) is 0 Å². The van der Waals surface area contributed by atoms with Gasteiger partial charge >= 0.3 is 6.09 Å². The molecule has 0 bridgehead atoms. The largest absolute Gasteiger partial charge is 0.444 e. The molecule has 0 spiro atoms. The Morgan fingerprint density at radius 1 is 1.36 bits per heavy atom. The number of carbonyl (C=O) groups is 2. The van der Waals surface area contributed by atoms with Gasteiger partial charge in [-0.25, -0.2) is 4.79 Å². The zero-order valence-corrected chi connectivity index (χ0v) is 14.4. The van der Waals surface area contributed by atoms with Crippen molar-refractivity contribution in [2.45, 2.75) is 71.6 Å². The second kappa shape index (κ2) is 7.81. The van der Waals surface area contributed by atoms with Gasteiger partial charge in [0.15, 0.2) is 0 Å². The number of hydrogen-bond acceptors (Lipinski definition) is 4. The van der Waals surface area contributed by atoms with E-state index >= 15 is 0 Å². The number of aliphatic hydroxyl groups is 1. The predicted octanol–water partition coefficient (Wildman–Crippen LogP) is 1.91. The summed E-state index contributed by atoms with van der Waals surface area (Å²) in [6.07, 6.45) is 1.27. The third-order valence-corrected chi connectivity index (χ3v) is 3.78. The molecular formula is C16H30N2O4. The van der Waals surface area contributed by atoms with Crippen LogP contribution in [0.3, 0.4) is 0 Å². The second-order valence-corrected chi connectivity index (χ2v) is 7.17. The smallest absolute Gasteiger partial charge is 0.407 e. The van der Waals surface area contributed by atoms with E-state index in [0.717, 1.165) is 6.42 Å². The van der Waals surface area contributed by atoms with Crippen molar-refractivity contribution in [1.29, 1.82) is 0 Å². The lowest BCUT2D eigenvalue weighted by Crippen LogP contribution is -2.53. The Labute approximate surface area is 133 Å². The molecule has 1 saturated heterocycles. The fraction of sp³-hybridized carbons (Fsp3) is 0.875. The van der Waals surface area contributed by atoms with E-state index in [1.807, 2.05) is 27.7 Å². The quantitative estimate of drug-likeness (QED) is 0.831. The molecule has 0 aromatic heterocycles. The van der Waals surface area contributed by atoms with Gasteiger partial charge in [0.1, 0.15) is 5.60 Å². The van der Waals surface area contributed by atoms with Gasteiger partial charge in [0.25, 0.3) is 0 Å². The first-order valence-corrected chi connectivity index (χ1v) is 8.03. The van der Waals surface area contributed by atoms with Crippen LogP contribution < -0.4 is 5.32 Å². The maximum atomic E-state index is 11.9. The first-order chi connectivity index (χ1) is 10.1. The molecule has 0 aromatic rings. The SMILES string of the molecule is CCC(O)CC1CC(NC(=O)OC(C)(C)C)CN(C(C)=O)C1. The fourth-order valence-electron chi connectivity index (χ4n) is 2.76. The van der Waals surface area contributed by atoms with Crippen molar-refractivity contribution in [3.8, 4) is 0 Å². The Morgan fingerprint density at radius 2 is 2.00 bits per heavy atom. The number of ether oxygens (including phenoxy) is 1. The van der Waals surface area contributed by atoms with Gasteiger partial charge < -0.3 is 20.1 Å². The summed E-state index contributed by atoms with van der Waals surface area (Å²) in [6, 6.07) is -0.137. The van der Waals surface area contributed by atoms with Crippen LogP contribution in [0.15, 0.2) is 0 Å². The van der Waals surface area contributed by atoms with Gasteiger partial charge in [0.05, 0.1) is 12.1 Å². The summed E-state index contributed by atoms with van der Waals surface area (Å²) in [5, 5.41) is 12.7. The predicted molar refractivity (Wildman–Crippen MR) is 84.4 cm³/mol. The molecule has 0 aliphatic carbocycles. The molecule has 0 aromatic carbocycles. The third kappa shape index (κ3) is 6.64. The molecule has 3 atom stereocenters. The molecule has 0 saturated carbocycles. The summed E-state index contributed by atoms with van der Waals surface area (Å²) in [6.45, 7) is 10.0. The summed E-state index contributed by atoms with van der Waals surface area (Å²) >= 11 is 0. The van der Waals surface area contributed by atoms with Gasteiger partial charge in [-0.05, 0) is 46.0 Å². The Bertz CT molecular complexity index is 392. The average Bonchev–Trinajstić information content (AvgIpc) is 2.35. The Balaban J connectivity index is 2.64. The van der Waals surface area contributed by atoms with Crippen LogP contribution in [0.25, 0.3) is 0 Å². The fourth-order valence-corrected chi connectivity index (χ4v) is 2.76. The van der Waals surface area contributed by atoms with Gasteiger partial charge in [0, 0.05) is 20.0 Å². The molecule has 0 radical (unpaired) electrons. The maximum absolute atomic E-state index is 11.9. The lowest BCUT2D eigenvalue weighted by molar-refractivity contribution is -0.131. The van der Waals surface area contributed by atoms with Crippen LogP contribution in [0.4, 0.5) is 4.79 Å². The Morgan fingerprint density at radius 3 is 2.50 bits per heavy atom. The molecule has 22 heavy (non-hydrogen) atoms. The maximum Gasteiger partial charge on any atom is 0.407 e. The van der Waals surface area contributed by atoms with Crippen LogP contribution in [0, 0.1) is 5.92 Å². The van der Waals surface area contributed by atoms with E-state index < -0.39 is 11.7 Å². The molecular weight excluding hydrogens is 284 g/mol. The minimum Gasteiger partial charge on any atom is -0.444 e. The zero-order chi connectivity index (χ0) is 16.9. The van der Waals surface area contributed by atoms with Crippen LogP contribution in [-0.4, -0.2) is 52.8 Å². The Kier molecular flexibility index (Phi) is 6.66. The van der Waals surface area contributed by atoms with Crippen LogP contribution in [0.2, 0.25) is 0 Å². The highest BCUT2D eigenvalue weighted by Crippen LogP contribution is 2.23. The van der Waals surface area contributed by atoms with Crippen LogP contribution in [0.5, 0.6) is 0 Å². The molecule has 1 aliphatic rings. The van der Waals surface area contributed by atoms with Gasteiger partial charge in [-0.1, -0.05) is 6.92 Å². The molecule has 2 amide bonds. The molecule has 128 valence electrons. The summed E-state index contributed by atoms with van der Waals surface area (Å²) in [5.74, 6) is 0.180. The third-order valence-electron chi connectivity index (χ3n) is 3.78. The van der Waals surface area contributed by atoms with E-state index in [1.54, 1.807) is 4.90 Å². The number of hydrogen-bond donors (Lipinski definition) is 2. The highest BCUT2D eigenvalue weighted by Gasteiger charge is 2.31. The van der Waals surface area contributed by atoms with Crippen molar-refractivity contribution in [2.75, 3.05) is 13.1 Å². The highest BCUT2D eigenvalue weighted by molar-refractivity contribution is 5.73. The molecule has 1 heterocycles. The minimum atomic E-state index is -0.545. The number of nitrogens with one attached hydrogen (secondary N) is 1. The zero-order valence-electron chi connectivity index (χ0n) is 14.4. The first kappa shape index (κ1) is 18.7. The van der Waals surface area contributed by atoms with Crippen molar-refractivity contribution in [2.24, 2.45) is 5.92 Å². The number of alkyl carbamates (subject to hydrolysis) is 1. The molecule has 6 heteroatoms. The number of aliphatic hydroxyl groups excluding tert-OH is 1. The van der Waals surface area contributed by atoms with E-state index in [1.165, 1.54) is 6.92 Å². The molecule has 6 nitrogen and oxygen atoms in total. The molecule has 2 N–H and O–H groups in total. The van der Waals surface area contributed by atoms with Gasteiger partial charge in [-0.3, -0.25) is 4.79 Å². The van der Waals surface area contributed by atoms with Crippen molar-refractivity contribution < 1.29 is 19.4 Å². The van der Waals surface area contributed by atoms with Crippen molar-refractivity contribution in [3.63, 3.8) is 0 Å². The standard InChI is InChI=1S/C16H30N2O4/c1-6-14(20)8-12-7-13(10-18(9-12)11(2)19)17-15(21)22-16(3,4)5/h12-14,20H,6-10H2,1-5H3,(H,17,21). The lowest BCUT2D eigenvalue weighted by atomic mass is 9.89. The molecule has 1 fully saturated rings. The molecule has 1 rings (SSSR count). The summed E-state index contributed by atoms with van der Waals surface area (Å²) in [5.41, 5.74) is -0.545. The van der Waals surface area contributed by atoms with Crippen LogP contribution >= 0.6 is 0 Å². The summed E-state index contributed by atoms with van der Waals surface area (Å²) in [4.78, 5) is 25.3. The van der Waals surface area contributed by atoms with Gasteiger partial charge in [0.2, 0.25) is 5.91 Å². The number of carbonyl (C=O) groups excluding carboxylic acids is 2. The Hall–Kier alpha value is -1.30. The molecule has 3 unspecified atom stereocenters. The average molecular weight is 314 g/mol. The number of likely N-dealkylation sites (tertiary alicyclic amines) is 1. The first-order valence-electron chi connectivity index (χ1n) is 8.03. The lowest BCUT2D eigenvalue weighted by Gasteiger charge is -2.38. The number of nitrogens with zero attached hydrogens (tertiary/aromatic N) is 1. The van der Waals surface area contributed by atoms with Gasteiger partial charge in [-0.2, -0.15) is 0 Å². The minimum absolute atomic E-state index is 0.00771. The monoisotopic (exact) mass is 314 g/mol. The van der Waals surface area contributed by atoms with Gasteiger partial charge in [-0.15, -0.1) is 0 Å². The number of rotatable bonds is 4. The number of amides is 2. The van der Waals surface area contributed by atoms with E-state index in [9.17, 15) is 14.7 Å². The van der Waals surface area contributed by atoms with E-state index in [4.69, 9.17) is 4.74 Å².